The number of nitrogens with zero attached hydrogens (tertiary/aromatic N) is 1. The van der Waals surface area contributed by atoms with Crippen molar-refractivity contribution in [2.45, 2.75) is 0 Å². The van der Waals surface area contributed by atoms with Crippen LogP contribution in [0.25, 0.3) is 6.08 Å². The lowest BCUT2D eigenvalue weighted by Crippen LogP contribution is -2.19. The molecule has 29 heavy (non-hydrogen) atoms. The van der Waals surface area contributed by atoms with Gasteiger partial charge in [0.05, 0.1) is 27.2 Å². The van der Waals surface area contributed by atoms with Crippen molar-refractivity contribution in [3.63, 3.8) is 0 Å². The Hall–Kier alpha value is -2.49. The third-order valence-electron chi connectivity index (χ3n) is 3.61. The lowest BCUT2D eigenvalue weighted by molar-refractivity contribution is -0.139. The number of hydrogen-bond donors (Lipinski definition) is 2. The van der Waals surface area contributed by atoms with E-state index in [1.54, 1.807) is 49.6 Å². The zero-order valence-corrected chi connectivity index (χ0v) is 18.1. The van der Waals surface area contributed by atoms with E-state index in [9.17, 15) is 9.59 Å². The van der Waals surface area contributed by atoms with Gasteiger partial charge in [0.15, 0.2) is 17.5 Å². The molecule has 0 bridgehead atoms. The summed E-state index contributed by atoms with van der Waals surface area (Å²) in [6, 6.07) is 10.4. The second-order valence-electron chi connectivity index (χ2n) is 5.68. The highest BCUT2D eigenvalue weighted by Crippen LogP contribution is 2.36. The third kappa shape index (κ3) is 5.53. The van der Waals surface area contributed by atoms with Crippen LogP contribution >= 0.6 is 39.3 Å². The molecule has 0 saturated carbocycles. The number of carboxylic acid groups (broad SMARTS) is 1. The van der Waals surface area contributed by atoms with Gasteiger partial charge in [-0.25, -0.2) is 9.79 Å². The molecular weight excluding hydrogens is 484 g/mol. The molecule has 10 heteroatoms. The van der Waals surface area contributed by atoms with Gasteiger partial charge in [-0.05, 0) is 75.7 Å². The molecule has 1 heterocycles. The molecule has 0 atom stereocenters. The van der Waals surface area contributed by atoms with Crippen LogP contribution in [0.4, 0.5) is 5.69 Å². The molecule has 7 nitrogen and oxygen atoms in total. The Morgan fingerprint density at radius 1 is 1.34 bits per heavy atom. The number of nitrogens with one attached hydrogen (secondary N) is 1. The van der Waals surface area contributed by atoms with Crippen LogP contribution < -0.4 is 14.8 Å². The molecule has 2 aromatic rings. The predicted molar refractivity (Wildman–Crippen MR) is 116 cm³/mol. The molecule has 3 rings (SSSR count). The van der Waals surface area contributed by atoms with Gasteiger partial charge in [-0.15, -0.1) is 0 Å². The minimum absolute atomic E-state index is 0.224. The summed E-state index contributed by atoms with van der Waals surface area (Å²) in [6.07, 6.45) is 1.66. The van der Waals surface area contributed by atoms with E-state index in [-0.39, 0.29) is 16.7 Å². The first-order valence-electron chi connectivity index (χ1n) is 8.13. The van der Waals surface area contributed by atoms with Gasteiger partial charge in [-0.1, -0.05) is 11.6 Å². The number of carboxylic acids is 1. The van der Waals surface area contributed by atoms with Gasteiger partial charge in [-0.3, -0.25) is 4.79 Å². The monoisotopic (exact) mass is 496 g/mol. The summed E-state index contributed by atoms with van der Waals surface area (Å²) in [5, 5.41) is 12.1. The van der Waals surface area contributed by atoms with Crippen LogP contribution in [-0.4, -0.2) is 35.9 Å². The number of halogens is 2. The van der Waals surface area contributed by atoms with Gasteiger partial charge >= 0.3 is 5.97 Å². The fraction of sp³-hybridized carbons (Fsp3) is 0.105. The van der Waals surface area contributed by atoms with Gasteiger partial charge in [-0.2, -0.15) is 0 Å². The molecule has 1 aliphatic rings. The molecule has 0 unspecified atom stereocenters. The van der Waals surface area contributed by atoms with Gasteiger partial charge in [0.25, 0.3) is 5.91 Å². The molecule has 0 radical (unpaired) electrons. The van der Waals surface area contributed by atoms with Crippen molar-refractivity contribution in [2.24, 2.45) is 4.99 Å². The number of aliphatic imine (C=N–C) groups is 1. The third-order valence-corrected chi connectivity index (χ3v) is 5.39. The van der Waals surface area contributed by atoms with Crippen molar-refractivity contribution in [1.82, 2.24) is 5.32 Å². The minimum atomic E-state index is -1.11. The summed E-state index contributed by atoms with van der Waals surface area (Å²) >= 11 is 10.7. The molecule has 1 saturated heterocycles. The average Bonchev–Trinajstić information content (AvgIpc) is 3.00. The van der Waals surface area contributed by atoms with Crippen LogP contribution in [0.2, 0.25) is 5.02 Å². The van der Waals surface area contributed by atoms with E-state index in [2.05, 4.69) is 26.2 Å². The highest BCUT2D eigenvalue weighted by molar-refractivity contribution is 9.10. The van der Waals surface area contributed by atoms with E-state index in [1.807, 2.05) is 0 Å². The summed E-state index contributed by atoms with van der Waals surface area (Å²) in [6.45, 7) is -0.512. The number of methoxy groups -OCH3 is 1. The summed E-state index contributed by atoms with van der Waals surface area (Å²) < 4.78 is 10.8. The zero-order valence-electron chi connectivity index (χ0n) is 14.9. The maximum atomic E-state index is 12.3. The SMILES string of the molecule is COc1ccc(N=C2NC(=O)/C(=C\c3cc(Cl)c(OCC(=O)O)c(Br)c3)S2)cc1. The maximum Gasteiger partial charge on any atom is 0.341 e. The fourth-order valence-corrected chi connectivity index (χ4v) is 4.17. The zero-order chi connectivity index (χ0) is 21.0. The number of aliphatic carboxylic acids is 1. The van der Waals surface area contributed by atoms with Crippen LogP contribution in [0.15, 0.2) is 50.8 Å². The van der Waals surface area contributed by atoms with E-state index in [0.29, 0.717) is 25.8 Å². The highest BCUT2D eigenvalue weighted by atomic mass is 79.9. The molecule has 1 aliphatic heterocycles. The second-order valence-corrected chi connectivity index (χ2v) is 7.97. The Labute approximate surface area is 183 Å². The van der Waals surface area contributed by atoms with Crippen molar-refractivity contribution < 1.29 is 24.2 Å². The lowest BCUT2D eigenvalue weighted by Gasteiger charge is -2.09. The molecular formula is C19H14BrClN2O5S. The largest absolute Gasteiger partial charge is 0.497 e. The second kappa shape index (κ2) is 9.34. The number of carbonyl (C=O) groups is 2. The maximum absolute atomic E-state index is 12.3. The number of hydrogen-bond acceptors (Lipinski definition) is 6. The summed E-state index contributed by atoms with van der Waals surface area (Å²) in [7, 11) is 1.58. The Bertz CT molecular complexity index is 1000. The molecule has 2 aromatic carbocycles. The molecule has 1 amide bonds. The van der Waals surface area contributed by atoms with E-state index < -0.39 is 12.6 Å². The van der Waals surface area contributed by atoms with E-state index in [0.717, 1.165) is 5.75 Å². The van der Waals surface area contributed by atoms with Gasteiger partial charge in [0.1, 0.15) is 5.75 Å². The number of rotatable bonds is 6. The first kappa shape index (κ1) is 21.2. The van der Waals surface area contributed by atoms with Crippen LogP contribution in [0.3, 0.4) is 0 Å². The predicted octanol–water partition coefficient (Wildman–Crippen LogP) is 4.47. The molecule has 0 spiro atoms. The van der Waals surface area contributed by atoms with E-state index >= 15 is 0 Å². The van der Waals surface area contributed by atoms with Crippen molar-refractivity contribution in [2.75, 3.05) is 13.7 Å². The average molecular weight is 498 g/mol. The smallest absolute Gasteiger partial charge is 0.341 e. The van der Waals surface area contributed by atoms with Crippen LogP contribution in [0.5, 0.6) is 11.5 Å². The number of thioether (sulfide) groups is 1. The number of amidine groups is 1. The normalized spacial score (nSPS) is 16.2. The number of benzene rings is 2. The summed E-state index contributed by atoms with van der Waals surface area (Å²) in [5.74, 6) is -0.444. The summed E-state index contributed by atoms with van der Waals surface area (Å²) in [5.41, 5.74) is 1.33. The Morgan fingerprint density at radius 3 is 2.69 bits per heavy atom. The highest BCUT2D eigenvalue weighted by Gasteiger charge is 2.24. The van der Waals surface area contributed by atoms with Gasteiger partial charge in [0, 0.05) is 0 Å². The Balaban J connectivity index is 1.79. The fourth-order valence-electron chi connectivity index (χ4n) is 2.34. The van der Waals surface area contributed by atoms with Crippen LogP contribution in [0, 0.1) is 0 Å². The van der Waals surface area contributed by atoms with Crippen LogP contribution in [0.1, 0.15) is 5.56 Å². The molecule has 0 aliphatic carbocycles. The Morgan fingerprint density at radius 2 is 2.07 bits per heavy atom. The van der Waals surface area contributed by atoms with Crippen molar-refractivity contribution in [1.29, 1.82) is 0 Å². The molecule has 0 aromatic heterocycles. The topological polar surface area (TPSA) is 97.2 Å². The van der Waals surface area contributed by atoms with E-state index in [1.165, 1.54) is 11.8 Å². The van der Waals surface area contributed by atoms with Gasteiger partial charge < -0.3 is 19.9 Å². The molecule has 1 fully saturated rings. The number of carbonyl (C=O) groups excluding carboxylic acids is 1. The van der Waals surface area contributed by atoms with Crippen molar-refractivity contribution >= 4 is 68.1 Å². The molecule has 150 valence electrons. The minimum Gasteiger partial charge on any atom is -0.497 e. The summed E-state index contributed by atoms with van der Waals surface area (Å²) in [4.78, 5) is 27.8. The van der Waals surface area contributed by atoms with Crippen molar-refractivity contribution in [3.05, 3.63) is 56.4 Å². The standard InChI is InChI=1S/C19H14BrClN2O5S/c1-27-12-4-2-11(3-5-12)22-19-23-18(26)15(29-19)8-10-6-13(20)17(14(21)7-10)28-9-16(24)25/h2-8H,9H2,1H3,(H,24,25)(H,22,23,26)/b15-8+. The lowest BCUT2D eigenvalue weighted by atomic mass is 10.2. The van der Waals surface area contributed by atoms with Crippen LogP contribution in [-0.2, 0) is 9.59 Å². The number of ether oxygens (including phenoxy) is 2. The quantitative estimate of drug-likeness (QED) is 0.572. The first-order chi connectivity index (χ1) is 13.9. The van der Waals surface area contributed by atoms with Crippen molar-refractivity contribution in [3.8, 4) is 11.5 Å². The first-order valence-corrected chi connectivity index (χ1v) is 10.1. The molecule has 2 N–H and O–H groups in total. The van der Waals surface area contributed by atoms with Gasteiger partial charge in [0.2, 0.25) is 0 Å². The number of amides is 1. The van der Waals surface area contributed by atoms with E-state index in [4.69, 9.17) is 26.2 Å². The Kier molecular flexibility index (Phi) is 6.83.